The summed E-state index contributed by atoms with van der Waals surface area (Å²) in [5, 5.41) is 2.62. The summed E-state index contributed by atoms with van der Waals surface area (Å²) in [5.74, 6) is 1.39. The maximum atomic E-state index is 12.0. The van der Waals surface area contributed by atoms with Crippen LogP contribution in [0.25, 0.3) is 0 Å². The second-order valence-corrected chi connectivity index (χ2v) is 5.16. The number of hydrogen-bond acceptors (Lipinski definition) is 3. The molecule has 1 rings (SSSR count). The molecule has 1 unspecified atom stereocenters. The molecule has 0 radical (unpaired) electrons. The molecule has 1 aromatic heterocycles. The average molecular weight is 256 g/mol. The van der Waals surface area contributed by atoms with E-state index in [1.165, 1.54) is 4.68 Å². The number of H-pyrrole nitrogens is 1. The summed E-state index contributed by atoms with van der Waals surface area (Å²) in [6.07, 6.45) is 0. The van der Waals surface area contributed by atoms with Crippen LogP contribution in [0.15, 0.2) is 9.59 Å². The summed E-state index contributed by atoms with van der Waals surface area (Å²) in [5.41, 5.74) is 0.715. The van der Waals surface area contributed by atoms with Gasteiger partial charge in [-0.1, -0.05) is 13.8 Å². The van der Waals surface area contributed by atoms with Crippen molar-refractivity contribution in [2.75, 3.05) is 5.75 Å². The first kappa shape index (κ1) is 14.1. The summed E-state index contributed by atoms with van der Waals surface area (Å²) in [7, 11) is 0. The minimum atomic E-state index is -0.191. The Morgan fingerprint density at radius 1 is 1.24 bits per heavy atom. The topological polar surface area (TPSA) is 54.9 Å². The van der Waals surface area contributed by atoms with Crippen molar-refractivity contribution in [1.29, 1.82) is 0 Å². The first-order valence-corrected chi connectivity index (χ1v) is 6.42. The highest BCUT2D eigenvalue weighted by Gasteiger charge is 2.15. The van der Waals surface area contributed by atoms with Gasteiger partial charge in [0.1, 0.15) is 0 Å². The summed E-state index contributed by atoms with van der Waals surface area (Å²) >= 11 is 4.28. The van der Waals surface area contributed by atoms with Crippen molar-refractivity contribution >= 4 is 12.6 Å². The lowest BCUT2D eigenvalue weighted by Crippen LogP contribution is -2.36. The van der Waals surface area contributed by atoms with Gasteiger partial charge >= 0.3 is 0 Å². The minimum absolute atomic E-state index is 0.116. The third-order valence-corrected chi connectivity index (χ3v) is 3.77. The molecule has 17 heavy (non-hydrogen) atoms. The van der Waals surface area contributed by atoms with Crippen LogP contribution in [0.1, 0.15) is 25.0 Å². The van der Waals surface area contributed by atoms with Gasteiger partial charge in [0.25, 0.3) is 11.1 Å². The number of hydrogen-bond donors (Lipinski definition) is 2. The van der Waals surface area contributed by atoms with Gasteiger partial charge in [0.05, 0.1) is 0 Å². The summed E-state index contributed by atoms with van der Waals surface area (Å²) in [6.45, 7) is 8.04. The van der Waals surface area contributed by atoms with Gasteiger partial charge in [-0.15, -0.1) is 0 Å². The second-order valence-electron chi connectivity index (χ2n) is 4.79. The Hall–Kier alpha value is -0.970. The number of thiol groups is 1. The first-order valence-electron chi connectivity index (χ1n) is 5.79. The molecule has 0 aliphatic carbocycles. The molecule has 1 heterocycles. The fraction of sp³-hybridized carbons (Fsp3) is 0.667. The van der Waals surface area contributed by atoms with E-state index in [4.69, 9.17) is 0 Å². The number of nitrogens with one attached hydrogen (secondary N) is 1. The molecule has 4 nitrogen and oxygen atoms in total. The molecule has 5 heteroatoms. The highest BCUT2D eigenvalue weighted by molar-refractivity contribution is 7.80. The molecule has 0 saturated carbocycles. The van der Waals surface area contributed by atoms with Crippen molar-refractivity contribution in [2.24, 2.45) is 11.8 Å². The van der Waals surface area contributed by atoms with Crippen LogP contribution in [0.4, 0.5) is 0 Å². The van der Waals surface area contributed by atoms with Crippen LogP contribution < -0.4 is 11.1 Å². The highest BCUT2D eigenvalue weighted by Crippen LogP contribution is 2.13. The van der Waals surface area contributed by atoms with E-state index in [0.717, 1.165) is 0 Å². The van der Waals surface area contributed by atoms with E-state index in [0.29, 0.717) is 29.3 Å². The van der Waals surface area contributed by atoms with Gasteiger partial charge in [-0.05, 0) is 31.4 Å². The maximum absolute atomic E-state index is 12.0. The van der Waals surface area contributed by atoms with Gasteiger partial charge in [0.15, 0.2) is 0 Å². The van der Waals surface area contributed by atoms with Crippen LogP contribution in [0.2, 0.25) is 0 Å². The largest absolute Gasteiger partial charge is 0.268 e. The zero-order chi connectivity index (χ0) is 13.2. The van der Waals surface area contributed by atoms with E-state index in [2.05, 4.69) is 31.6 Å². The van der Waals surface area contributed by atoms with Gasteiger partial charge in [-0.25, -0.2) is 4.68 Å². The Morgan fingerprint density at radius 2 is 1.82 bits per heavy atom. The molecular weight excluding hydrogens is 236 g/mol. The molecule has 1 aromatic rings. The Morgan fingerprint density at radius 3 is 2.29 bits per heavy atom. The lowest BCUT2D eigenvalue weighted by atomic mass is 9.98. The molecule has 0 aliphatic heterocycles. The molecule has 96 valence electrons. The molecule has 0 bridgehead atoms. The molecule has 0 amide bonds. The Kier molecular flexibility index (Phi) is 4.62. The molecule has 1 N–H and O–H groups in total. The first-order chi connectivity index (χ1) is 7.88. The molecule has 1 atom stereocenters. The SMILES string of the molecule is Cc1c(C)c(=O)n(CC(CS)C(C)C)[nH]c1=O. The molecule has 0 saturated heterocycles. The zero-order valence-electron chi connectivity index (χ0n) is 10.8. The smallest absolute Gasteiger partial charge is 0.268 e. The van der Waals surface area contributed by atoms with Crippen molar-refractivity contribution in [1.82, 2.24) is 9.78 Å². The van der Waals surface area contributed by atoms with Gasteiger partial charge in [-0.2, -0.15) is 12.6 Å². The third kappa shape index (κ3) is 3.03. The lowest BCUT2D eigenvalue weighted by Gasteiger charge is -2.19. The monoisotopic (exact) mass is 256 g/mol. The van der Waals surface area contributed by atoms with Gasteiger partial charge in [-0.3, -0.25) is 14.7 Å². The zero-order valence-corrected chi connectivity index (χ0v) is 11.7. The van der Waals surface area contributed by atoms with Crippen LogP contribution in [-0.4, -0.2) is 15.5 Å². The maximum Gasteiger partial charge on any atom is 0.268 e. The Balaban J connectivity index is 3.16. The van der Waals surface area contributed by atoms with Gasteiger partial charge in [0, 0.05) is 17.7 Å². The predicted molar refractivity (Wildman–Crippen MR) is 73.0 cm³/mol. The standard InChI is InChI=1S/C12H20N2O2S/c1-7(2)10(6-17)5-14-12(16)9(4)8(3)11(15)13-14/h7,10,17H,5-6H2,1-4H3,(H,13,15). The van der Waals surface area contributed by atoms with Crippen LogP contribution in [0, 0.1) is 25.7 Å². The summed E-state index contributed by atoms with van der Waals surface area (Å²) < 4.78 is 1.41. The van der Waals surface area contributed by atoms with E-state index < -0.39 is 0 Å². The summed E-state index contributed by atoms with van der Waals surface area (Å²) in [6, 6.07) is 0. The van der Waals surface area contributed by atoms with Gasteiger partial charge < -0.3 is 0 Å². The molecule has 0 aromatic carbocycles. The fourth-order valence-electron chi connectivity index (χ4n) is 1.63. The Bertz CT molecular complexity index is 502. The fourth-order valence-corrected chi connectivity index (χ4v) is 2.17. The van der Waals surface area contributed by atoms with E-state index in [1.807, 2.05) is 0 Å². The molecule has 0 aliphatic rings. The van der Waals surface area contributed by atoms with E-state index in [1.54, 1.807) is 13.8 Å². The van der Waals surface area contributed by atoms with Crippen LogP contribution in [-0.2, 0) is 6.54 Å². The van der Waals surface area contributed by atoms with Crippen molar-refractivity contribution in [3.05, 3.63) is 31.8 Å². The average Bonchev–Trinajstić information content (AvgIpc) is 2.29. The summed E-state index contributed by atoms with van der Waals surface area (Å²) in [4.78, 5) is 23.6. The molecule has 0 spiro atoms. The van der Waals surface area contributed by atoms with E-state index in [9.17, 15) is 9.59 Å². The number of rotatable bonds is 4. The van der Waals surface area contributed by atoms with Crippen LogP contribution >= 0.6 is 12.6 Å². The van der Waals surface area contributed by atoms with Crippen LogP contribution in [0.5, 0.6) is 0 Å². The Labute approximate surface area is 106 Å². The second kappa shape index (κ2) is 5.58. The highest BCUT2D eigenvalue weighted by atomic mass is 32.1. The molecule has 0 fully saturated rings. The van der Waals surface area contributed by atoms with E-state index in [-0.39, 0.29) is 17.0 Å². The predicted octanol–water partition coefficient (Wildman–Crippen LogP) is 1.36. The number of aromatic nitrogens is 2. The lowest BCUT2D eigenvalue weighted by molar-refractivity contribution is 0.345. The van der Waals surface area contributed by atoms with Crippen LogP contribution in [0.3, 0.4) is 0 Å². The van der Waals surface area contributed by atoms with Gasteiger partial charge in [0.2, 0.25) is 0 Å². The number of nitrogens with zero attached hydrogens (tertiary/aromatic N) is 1. The van der Waals surface area contributed by atoms with Crippen molar-refractivity contribution < 1.29 is 0 Å². The molecular formula is C12H20N2O2S. The quantitative estimate of drug-likeness (QED) is 0.799. The van der Waals surface area contributed by atoms with Crippen molar-refractivity contribution in [3.8, 4) is 0 Å². The number of aromatic amines is 1. The minimum Gasteiger partial charge on any atom is -0.268 e. The van der Waals surface area contributed by atoms with Crippen molar-refractivity contribution in [2.45, 2.75) is 34.2 Å². The van der Waals surface area contributed by atoms with E-state index >= 15 is 0 Å². The third-order valence-electron chi connectivity index (χ3n) is 3.30. The van der Waals surface area contributed by atoms with Crippen molar-refractivity contribution in [3.63, 3.8) is 0 Å². The normalized spacial score (nSPS) is 13.1.